The van der Waals surface area contributed by atoms with Gasteiger partial charge < -0.3 is 15.6 Å². The van der Waals surface area contributed by atoms with Crippen molar-refractivity contribution in [3.05, 3.63) is 0 Å². The molecule has 2 unspecified atom stereocenters. The third-order valence-electron chi connectivity index (χ3n) is 1.58. The van der Waals surface area contributed by atoms with E-state index in [0.717, 1.165) is 5.75 Å². The second-order valence-electron chi connectivity index (χ2n) is 2.96. The van der Waals surface area contributed by atoms with Crippen LogP contribution < -0.4 is 5.73 Å². The highest BCUT2D eigenvalue weighted by Crippen LogP contribution is 2.15. The first-order chi connectivity index (χ1) is 6.11. The van der Waals surface area contributed by atoms with Gasteiger partial charge in [0.25, 0.3) is 0 Å². The lowest BCUT2D eigenvalue weighted by Gasteiger charge is -2.13. The first-order valence-corrected chi connectivity index (χ1v) is 5.20. The van der Waals surface area contributed by atoms with Gasteiger partial charge in [-0.15, -0.1) is 11.8 Å². The summed E-state index contributed by atoms with van der Waals surface area (Å²) in [6.07, 6.45) is 0. The predicted molar refractivity (Wildman–Crippen MR) is 54.0 cm³/mol. The number of carboxylic acids is 1. The number of methoxy groups -OCH3 is 1. The van der Waals surface area contributed by atoms with E-state index in [1.165, 1.54) is 18.9 Å². The van der Waals surface area contributed by atoms with E-state index < -0.39 is 11.2 Å². The van der Waals surface area contributed by atoms with Gasteiger partial charge in [-0.25, -0.2) is 0 Å². The molecule has 0 aromatic rings. The lowest BCUT2D eigenvalue weighted by atomic mass is 10.2. The smallest absolute Gasteiger partial charge is 0.319 e. The molecule has 0 fully saturated rings. The minimum Gasteiger partial charge on any atom is -0.480 e. The first-order valence-electron chi connectivity index (χ1n) is 4.15. The van der Waals surface area contributed by atoms with Gasteiger partial charge in [0.1, 0.15) is 5.25 Å². The second-order valence-corrected chi connectivity index (χ2v) is 4.19. The summed E-state index contributed by atoms with van der Waals surface area (Å²) in [6, 6.07) is 0. The molecule has 0 saturated heterocycles. The molecule has 3 N–H and O–H groups in total. The Labute approximate surface area is 82.8 Å². The number of hydrogen-bond acceptors (Lipinski definition) is 4. The van der Waals surface area contributed by atoms with E-state index in [9.17, 15) is 4.79 Å². The van der Waals surface area contributed by atoms with Crippen molar-refractivity contribution < 1.29 is 14.6 Å². The standard InChI is InChI=1S/C8H17NO3S/c1-6(3-9)5-13-7(4-12-2)8(10)11/h6-7H,3-5,9H2,1-2H3,(H,10,11). The minimum atomic E-state index is -0.823. The second kappa shape index (κ2) is 7.17. The topological polar surface area (TPSA) is 72.5 Å². The minimum absolute atomic E-state index is 0.247. The highest BCUT2D eigenvalue weighted by molar-refractivity contribution is 8.00. The number of carbonyl (C=O) groups is 1. The average molecular weight is 207 g/mol. The zero-order valence-corrected chi connectivity index (χ0v) is 8.84. The monoisotopic (exact) mass is 207 g/mol. The Morgan fingerprint density at radius 3 is 2.69 bits per heavy atom. The quantitative estimate of drug-likeness (QED) is 0.632. The van der Waals surface area contributed by atoms with Crippen LogP contribution in [0.1, 0.15) is 6.92 Å². The Hall–Kier alpha value is -0.260. The van der Waals surface area contributed by atoms with Gasteiger partial charge in [-0.05, 0) is 18.2 Å². The van der Waals surface area contributed by atoms with Crippen molar-refractivity contribution in [3.8, 4) is 0 Å². The summed E-state index contributed by atoms with van der Waals surface area (Å²) in [4.78, 5) is 10.7. The lowest BCUT2D eigenvalue weighted by molar-refractivity contribution is -0.137. The molecule has 0 spiro atoms. The molecule has 0 bridgehead atoms. The maximum atomic E-state index is 10.7. The fraction of sp³-hybridized carbons (Fsp3) is 0.875. The van der Waals surface area contributed by atoms with Gasteiger partial charge in [-0.3, -0.25) is 4.79 Å². The van der Waals surface area contributed by atoms with Crippen LogP contribution in [0.15, 0.2) is 0 Å². The molecule has 2 atom stereocenters. The van der Waals surface area contributed by atoms with Gasteiger partial charge in [0.2, 0.25) is 0 Å². The summed E-state index contributed by atoms with van der Waals surface area (Å²) < 4.78 is 4.80. The molecule has 5 heteroatoms. The van der Waals surface area contributed by atoms with Gasteiger partial charge in [0.05, 0.1) is 6.61 Å². The Bertz CT molecular complexity index is 154. The lowest BCUT2D eigenvalue weighted by Crippen LogP contribution is -2.24. The molecule has 13 heavy (non-hydrogen) atoms. The Morgan fingerprint density at radius 1 is 1.69 bits per heavy atom. The van der Waals surface area contributed by atoms with E-state index in [1.807, 2.05) is 6.92 Å². The summed E-state index contributed by atoms with van der Waals surface area (Å²) in [5.41, 5.74) is 5.42. The van der Waals surface area contributed by atoms with Crippen molar-refractivity contribution in [1.29, 1.82) is 0 Å². The SMILES string of the molecule is COCC(SCC(C)CN)C(=O)O. The van der Waals surface area contributed by atoms with Gasteiger partial charge in [0.15, 0.2) is 0 Å². The van der Waals surface area contributed by atoms with Crippen LogP contribution in [0.25, 0.3) is 0 Å². The van der Waals surface area contributed by atoms with Crippen LogP contribution in [0.2, 0.25) is 0 Å². The van der Waals surface area contributed by atoms with Crippen molar-refractivity contribution in [3.63, 3.8) is 0 Å². The Balaban J connectivity index is 3.75. The molecule has 0 aliphatic carbocycles. The zero-order valence-electron chi connectivity index (χ0n) is 8.03. The molecule has 0 heterocycles. The van der Waals surface area contributed by atoms with Crippen LogP contribution in [0.3, 0.4) is 0 Å². The molecule has 0 radical (unpaired) electrons. The van der Waals surface area contributed by atoms with Gasteiger partial charge in [-0.2, -0.15) is 0 Å². The van der Waals surface area contributed by atoms with Gasteiger partial charge >= 0.3 is 5.97 Å². The van der Waals surface area contributed by atoms with E-state index in [4.69, 9.17) is 15.6 Å². The number of hydrogen-bond donors (Lipinski definition) is 2. The molecule has 0 aliphatic rings. The summed E-state index contributed by atoms with van der Waals surface area (Å²) in [6.45, 7) is 2.84. The van der Waals surface area contributed by atoms with E-state index in [2.05, 4.69) is 0 Å². The molecule has 78 valence electrons. The molecular weight excluding hydrogens is 190 g/mol. The van der Waals surface area contributed by atoms with Crippen molar-refractivity contribution in [2.24, 2.45) is 11.7 Å². The summed E-state index contributed by atoms with van der Waals surface area (Å²) in [5.74, 6) is 0.288. The molecule has 0 rings (SSSR count). The highest BCUT2D eigenvalue weighted by Gasteiger charge is 2.18. The number of nitrogens with two attached hydrogens (primary N) is 1. The zero-order chi connectivity index (χ0) is 10.3. The van der Waals surface area contributed by atoms with Crippen molar-refractivity contribution in [2.45, 2.75) is 12.2 Å². The fourth-order valence-corrected chi connectivity index (χ4v) is 1.76. The Morgan fingerprint density at radius 2 is 2.31 bits per heavy atom. The van der Waals surface area contributed by atoms with Crippen molar-refractivity contribution in [2.75, 3.05) is 26.0 Å². The fourth-order valence-electron chi connectivity index (χ4n) is 0.691. The molecular formula is C8H17NO3S. The van der Waals surface area contributed by atoms with E-state index in [-0.39, 0.29) is 6.61 Å². The number of rotatable bonds is 7. The van der Waals surface area contributed by atoms with E-state index in [1.54, 1.807) is 0 Å². The first kappa shape index (κ1) is 12.7. The Kier molecular flexibility index (Phi) is 7.03. The molecule has 0 aromatic heterocycles. The van der Waals surface area contributed by atoms with Crippen LogP contribution >= 0.6 is 11.8 Å². The van der Waals surface area contributed by atoms with E-state index >= 15 is 0 Å². The average Bonchev–Trinajstić information content (AvgIpc) is 2.11. The molecule has 0 amide bonds. The number of aliphatic carboxylic acids is 1. The number of ether oxygens (including phenoxy) is 1. The summed E-state index contributed by atoms with van der Waals surface area (Å²) in [7, 11) is 1.50. The molecule has 0 saturated carbocycles. The van der Waals surface area contributed by atoms with Crippen LogP contribution in [-0.4, -0.2) is 42.3 Å². The normalized spacial score (nSPS) is 15.3. The summed E-state index contributed by atoms with van der Waals surface area (Å²) in [5, 5.41) is 8.28. The predicted octanol–water partition coefficient (Wildman–Crippen LogP) is 0.414. The third kappa shape index (κ3) is 5.90. The third-order valence-corrected chi connectivity index (χ3v) is 3.08. The van der Waals surface area contributed by atoms with Gasteiger partial charge in [0, 0.05) is 7.11 Å². The van der Waals surface area contributed by atoms with Crippen LogP contribution in [0.4, 0.5) is 0 Å². The van der Waals surface area contributed by atoms with Crippen LogP contribution in [0.5, 0.6) is 0 Å². The number of thioether (sulfide) groups is 1. The maximum Gasteiger partial charge on any atom is 0.319 e. The van der Waals surface area contributed by atoms with Crippen molar-refractivity contribution in [1.82, 2.24) is 0 Å². The maximum absolute atomic E-state index is 10.7. The molecule has 4 nitrogen and oxygen atoms in total. The molecule has 0 aliphatic heterocycles. The summed E-state index contributed by atoms with van der Waals surface area (Å²) >= 11 is 1.38. The highest BCUT2D eigenvalue weighted by atomic mass is 32.2. The van der Waals surface area contributed by atoms with E-state index in [0.29, 0.717) is 12.5 Å². The largest absolute Gasteiger partial charge is 0.480 e. The van der Waals surface area contributed by atoms with Crippen LogP contribution in [-0.2, 0) is 9.53 Å². The molecule has 0 aromatic carbocycles. The van der Waals surface area contributed by atoms with Gasteiger partial charge in [-0.1, -0.05) is 6.92 Å². The van der Waals surface area contributed by atoms with Crippen molar-refractivity contribution >= 4 is 17.7 Å². The van der Waals surface area contributed by atoms with Crippen LogP contribution in [0, 0.1) is 5.92 Å². The number of carboxylic acid groups (broad SMARTS) is 1.